The van der Waals surface area contributed by atoms with E-state index in [4.69, 9.17) is 0 Å². The van der Waals surface area contributed by atoms with Crippen molar-refractivity contribution in [3.63, 3.8) is 0 Å². The third-order valence-corrected chi connectivity index (χ3v) is 5.48. The van der Waals surface area contributed by atoms with Gasteiger partial charge in [0.15, 0.2) is 0 Å². The van der Waals surface area contributed by atoms with E-state index in [1.165, 1.54) is 16.8 Å². The Kier molecular flexibility index (Phi) is 7.05. The summed E-state index contributed by atoms with van der Waals surface area (Å²) in [5, 5.41) is 17.2. The van der Waals surface area contributed by atoms with Crippen LogP contribution in [0.1, 0.15) is 42.8 Å². The largest absolute Gasteiger partial charge is 0.396 e. The van der Waals surface area contributed by atoms with Crippen molar-refractivity contribution in [2.45, 2.75) is 52.7 Å². The number of hydrogen-bond acceptors (Lipinski definition) is 4. The molecule has 2 heterocycles. The van der Waals surface area contributed by atoms with Crippen LogP contribution in [0.25, 0.3) is 0 Å². The molecule has 5 heteroatoms. The Morgan fingerprint density at radius 3 is 2.78 bits per heavy atom. The van der Waals surface area contributed by atoms with Gasteiger partial charge in [0.2, 0.25) is 0 Å². The van der Waals surface area contributed by atoms with Gasteiger partial charge in [0.25, 0.3) is 0 Å². The number of nitrogens with one attached hydrogen (secondary N) is 1. The lowest BCUT2D eigenvalue weighted by molar-refractivity contribution is 0.0493. The molecule has 1 fully saturated rings. The Hall–Kier alpha value is -1.69. The molecule has 1 aromatic heterocycles. The summed E-state index contributed by atoms with van der Waals surface area (Å²) < 4.78 is 0. The standard InChI is InChI=1S/C22H34N4O/c1-17(2)12-20-13-21(24-23-20)15-25-9-10-26(22(16-25)8-11-27)14-19-7-5-4-6-18(19)3/h4-7,13,17,22,27H,8-12,14-16H2,1-3H3,(H,23,24)/t22-/m0/s1. The van der Waals surface area contributed by atoms with Crippen LogP contribution in [0, 0.1) is 12.8 Å². The molecule has 0 saturated carbocycles. The van der Waals surface area contributed by atoms with E-state index in [1.54, 1.807) is 0 Å². The minimum Gasteiger partial charge on any atom is -0.396 e. The average molecular weight is 371 g/mol. The minimum absolute atomic E-state index is 0.241. The summed E-state index contributed by atoms with van der Waals surface area (Å²) in [5.74, 6) is 0.625. The van der Waals surface area contributed by atoms with E-state index < -0.39 is 0 Å². The first-order valence-corrected chi connectivity index (χ1v) is 10.2. The lowest BCUT2D eigenvalue weighted by atomic mass is 10.0. The molecule has 3 rings (SSSR count). The Morgan fingerprint density at radius 2 is 2.04 bits per heavy atom. The maximum Gasteiger partial charge on any atom is 0.0628 e. The van der Waals surface area contributed by atoms with Crippen LogP contribution in [0.2, 0.25) is 0 Å². The number of aromatic nitrogens is 2. The first kappa shape index (κ1) is 20.1. The molecule has 2 N–H and O–H groups in total. The van der Waals surface area contributed by atoms with Crippen molar-refractivity contribution >= 4 is 0 Å². The summed E-state index contributed by atoms with van der Waals surface area (Å²) in [7, 11) is 0. The molecule has 0 radical (unpaired) electrons. The fraction of sp³-hybridized carbons (Fsp3) is 0.591. The first-order chi connectivity index (χ1) is 13.0. The molecule has 5 nitrogen and oxygen atoms in total. The number of aromatic amines is 1. The normalized spacial score (nSPS) is 19.1. The number of aliphatic hydroxyl groups excluding tert-OH is 1. The van der Waals surface area contributed by atoms with Crippen molar-refractivity contribution in [3.8, 4) is 0 Å². The van der Waals surface area contributed by atoms with E-state index >= 15 is 0 Å². The molecule has 1 aromatic carbocycles. The van der Waals surface area contributed by atoms with Gasteiger partial charge in [0.1, 0.15) is 0 Å². The summed E-state index contributed by atoms with van der Waals surface area (Å²) in [6, 6.07) is 11.2. The molecule has 0 amide bonds. The SMILES string of the molecule is Cc1ccccc1CN1CCN(Cc2cc(CC(C)C)n[nH]2)C[C@@H]1CCO. The van der Waals surface area contributed by atoms with Gasteiger partial charge < -0.3 is 5.11 Å². The summed E-state index contributed by atoms with van der Waals surface area (Å²) in [5.41, 5.74) is 5.09. The number of benzene rings is 1. The van der Waals surface area contributed by atoms with Crippen LogP contribution in [-0.2, 0) is 19.5 Å². The summed E-state index contributed by atoms with van der Waals surface area (Å²) in [6.45, 7) is 11.8. The molecule has 0 unspecified atom stereocenters. The number of hydrogen-bond donors (Lipinski definition) is 2. The number of H-pyrrole nitrogens is 1. The Morgan fingerprint density at radius 1 is 1.22 bits per heavy atom. The summed E-state index contributed by atoms with van der Waals surface area (Å²) >= 11 is 0. The lowest BCUT2D eigenvalue weighted by Gasteiger charge is -2.41. The molecule has 1 aliphatic heterocycles. The molecule has 1 saturated heterocycles. The molecular formula is C22H34N4O. The van der Waals surface area contributed by atoms with Crippen molar-refractivity contribution in [2.75, 3.05) is 26.2 Å². The predicted molar refractivity (Wildman–Crippen MR) is 109 cm³/mol. The molecule has 2 aromatic rings. The zero-order chi connectivity index (χ0) is 19.2. The Labute approximate surface area is 163 Å². The number of piperazine rings is 1. The second-order valence-electron chi connectivity index (χ2n) is 8.28. The first-order valence-electron chi connectivity index (χ1n) is 10.2. The van der Waals surface area contributed by atoms with Crippen LogP contribution in [0.3, 0.4) is 0 Å². The van der Waals surface area contributed by atoms with Crippen molar-refractivity contribution in [1.82, 2.24) is 20.0 Å². The molecule has 0 spiro atoms. The van der Waals surface area contributed by atoms with Gasteiger partial charge in [-0.15, -0.1) is 0 Å². The maximum atomic E-state index is 9.56. The zero-order valence-corrected chi connectivity index (χ0v) is 17.0. The van der Waals surface area contributed by atoms with Gasteiger partial charge in [-0.25, -0.2) is 0 Å². The second-order valence-corrected chi connectivity index (χ2v) is 8.28. The van der Waals surface area contributed by atoms with Crippen LogP contribution < -0.4 is 0 Å². The van der Waals surface area contributed by atoms with E-state index in [0.29, 0.717) is 12.0 Å². The third kappa shape index (κ3) is 5.64. The Balaban J connectivity index is 1.60. The van der Waals surface area contributed by atoms with Crippen molar-refractivity contribution in [1.29, 1.82) is 0 Å². The van der Waals surface area contributed by atoms with Crippen molar-refractivity contribution in [3.05, 3.63) is 52.8 Å². The zero-order valence-electron chi connectivity index (χ0n) is 17.0. The lowest BCUT2D eigenvalue weighted by Crippen LogP contribution is -2.52. The van der Waals surface area contributed by atoms with Gasteiger partial charge >= 0.3 is 0 Å². The monoisotopic (exact) mass is 370 g/mol. The molecule has 1 aliphatic rings. The number of aryl methyl sites for hydroxylation is 1. The van der Waals surface area contributed by atoms with E-state index in [0.717, 1.165) is 51.3 Å². The van der Waals surface area contributed by atoms with Gasteiger partial charge in [0.05, 0.1) is 5.69 Å². The molecule has 148 valence electrons. The van der Waals surface area contributed by atoms with Crippen LogP contribution in [0.5, 0.6) is 0 Å². The maximum absolute atomic E-state index is 9.56. The van der Waals surface area contributed by atoms with Crippen molar-refractivity contribution in [2.24, 2.45) is 5.92 Å². The van der Waals surface area contributed by atoms with Gasteiger partial charge in [-0.1, -0.05) is 38.1 Å². The fourth-order valence-corrected chi connectivity index (χ4v) is 3.99. The quantitative estimate of drug-likeness (QED) is 0.750. The summed E-state index contributed by atoms with van der Waals surface area (Å²) in [4.78, 5) is 5.02. The average Bonchev–Trinajstić information content (AvgIpc) is 3.05. The highest BCUT2D eigenvalue weighted by molar-refractivity contribution is 5.25. The molecule has 0 aliphatic carbocycles. The highest BCUT2D eigenvalue weighted by Gasteiger charge is 2.27. The fourth-order valence-electron chi connectivity index (χ4n) is 3.99. The van der Waals surface area contributed by atoms with Gasteiger partial charge in [0, 0.05) is 51.1 Å². The van der Waals surface area contributed by atoms with E-state index in [-0.39, 0.29) is 6.61 Å². The van der Waals surface area contributed by atoms with Crippen LogP contribution >= 0.6 is 0 Å². The highest BCUT2D eigenvalue weighted by atomic mass is 16.3. The van der Waals surface area contributed by atoms with E-state index in [9.17, 15) is 5.11 Å². The van der Waals surface area contributed by atoms with Crippen molar-refractivity contribution < 1.29 is 5.11 Å². The van der Waals surface area contributed by atoms with Gasteiger partial charge in [-0.05, 0) is 42.9 Å². The highest BCUT2D eigenvalue weighted by Crippen LogP contribution is 2.20. The van der Waals surface area contributed by atoms with Gasteiger partial charge in [-0.2, -0.15) is 5.10 Å². The number of rotatable bonds is 8. The van der Waals surface area contributed by atoms with E-state index in [1.807, 2.05) is 0 Å². The number of nitrogens with zero attached hydrogens (tertiary/aromatic N) is 3. The molecule has 0 bridgehead atoms. The smallest absolute Gasteiger partial charge is 0.0628 e. The van der Waals surface area contributed by atoms with Crippen LogP contribution in [-0.4, -0.2) is 57.4 Å². The molecule has 27 heavy (non-hydrogen) atoms. The Bertz CT molecular complexity index is 712. The summed E-state index contributed by atoms with van der Waals surface area (Å²) in [6.07, 6.45) is 1.85. The third-order valence-electron chi connectivity index (χ3n) is 5.48. The van der Waals surface area contributed by atoms with Crippen LogP contribution in [0.4, 0.5) is 0 Å². The molecular weight excluding hydrogens is 336 g/mol. The topological polar surface area (TPSA) is 55.4 Å². The molecule has 1 atom stereocenters. The van der Waals surface area contributed by atoms with E-state index in [2.05, 4.69) is 71.1 Å². The predicted octanol–water partition coefficient (Wildman–Crippen LogP) is 2.99. The van der Waals surface area contributed by atoms with Crippen LogP contribution in [0.15, 0.2) is 30.3 Å². The second kappa shape index (κ2) is 9.49. The minimum atomic E-state index is 0.241. The number of aliphatic hydroxyl groups is 1. The van der Waals surface area contributed by atoms with Gasteiger partial charge in [-0.3, -0.25) is 14.9 Å².